The summed E-state index contributed by atoms with van der Waals surface area (Å²) in [4.78, 5) is 1.07. The van der Waals surface area contributed by atoms with Crippen molar-refractivity contribution in [3.05, 3.63) is 29.8 Å². The van der Waals surface area contributed by atoms with Gasteiger partial charge in [-0.15, -0.1) is 11.8 Å². The lowest BCUT2D eigenvalue weighted by molar-refractivity contribution is 0.389. The lowest BCUT2D eigenvalue weighted by Crippen LogP contribution is -2.18. The number of benzene rings is 1. The van der Waals surface area contributed by atoms with E-state index in [9.17, 15) is 0 Å². The first-order valence-electron chi connectivity index (χ1n) is 6.25. The third kappa shape index (κ3) is 4.80. The van der Waals surface area contributed by atoms with Gasteiger partial charge in [-0.1, -0.05) is 12.2 Å². The van der Waals surface area contributed by atoms with Crippen LogP contribution >= 0.6 is 11.8 Å². The molecule has 19 heavy (non-hydrogen) atoms. The van der Waals surface area contributed by atoms with Gasteiger partial charge in [0.05, 0.1) is 19.1 Å². The van der Waals surface area contributed by atoms with Crippen LogP contribution in [0.1, 0.15) is 19.4 Å². The minimum atomic E-state index is 0.0903. The van der Waals surface area contributed by atoms with Crippen LogP contribution in [0.4, 0.5) is 0 Å². The zero-order chi connectivity index (χ0) is 14.4. The molecule has 0 heterocycles. The van der Waals surface area contributed by atoms with Crippen molar-refractivity contribution in [3.8, 4) is 11.5 Å². The molecule has 1 rings (SSSR count). The first kappa shape index (κ1) is 15.9. The topological polar surface area (TPSA) is 44.5 Å². The van der Waals surface area contributed by atoms with Crippen molar-refractivity contribution in [3.63, 3.8) is 0 Å². The van der Waals surface area contributed by atoms with Gasteiger partial charge in [0, 0.05) is 11.8 Å². The molecule has 0 radical (unpaired) electrons. The Morgan fingerprint density at radius 3 is 2.42 bits per heavy atom. The van der Waals surface area contributed by atoms with Gasteiger partial charge in [0.2, 0.25) is 0 Å². The normalized spacial score (nSPS) is 12.1. The van der Waals surface area contributed by atoms with E-state index in [1.165, 1.54) is 0 Å². The molecule has 0 saturated heterocycles. The molecule has 3 nitrogen and oxygen atoms in total. The van der Waals surface area contributed by atoms with E-state index in [1.807, 2.05) is 26.0 Å². The van der Waals surface area contributed by atoms with Gasteiger partial charge in [0.1, 0.15) is 11.5 Å². The molecular weight excluding hydrogens is 258 g/mol. The quantitative estimate of drug-likeness (QED) is 0.615. The van der Waals surface area contributed by atoms with Crippen LogP contribution in [-0.4, -0.2) is 26.0 Å². The molecule has 0 aliphatic carbocycles. The van der Waals surface area contributed by atoms with Crippen LogP contribution in [0.3, 0.4) is 0 Å². The van der Waals surface area contributed by atoms with Crippen molar-refractivity contribution < 1.29 is 9.47 Å². The molecule has 1 aromatic rings. The Balaban J connectivity index is 3.07. The molecule has 0 fully saturated rings. The van der Waals surface area contributed by atoms with Crippen molar-refractivity contribution >= 4 is 11.8 Å². The van der Waals surface area contributed by atoms with Gasteiger partial charge < -0.3 is 15.2 Å². The number of nitrogens with two attached hydrogens (primary N) is 1. The molecule has 106 valence electrons. The number of hydrogen-bond donors (Lipinski definition) is 1. The fourth-order valence-electron chi connectivity index (χ4n) is 1.75. The number of methoxy groups -OCH3 is 2. The summed E-state index contributed by atoms with van der Waals surface area (Å²) in [6.07, 6.45) is 0.769. The number of hydrogen-bond acceptors (Lipinski definition) is 4. The zero-order valence-corrected chi connectivity index (χ0v) is 13.0. The highest BCUT2D eigenvalue weighted by Crippen LogP contribution is 2.36. The van der Waals surface area contributed by atoms with Crippen LogP contribution < -0.4 is 15.2 Å². The summed E-state index contributed by atoms with van der Waals surface area (Å²) in [5.41, 5.74) is 8.07. The average Bonchev–Trinajstić information content (AvgIpc) is 2.35. The molecule has 0 amide bonds. The van der Waals surface area contributed by atoms with Gasteiger partial charge in [-0.05, 0) is 38.0 Å². The Morgan fingerprint density at radius 2 is 1.95 bits per heavy atom. The molecule has 0 aliphatic heterocycles. The second-order valence-corrected chi connectivity index (χ2v) is 5.76. The van der Waals surface area contributed by atoms with Crippen molar-refractivity contribution in [1.82, 2.24) is 0 Å². The molecule has 4 heteroatoms. The molecule has 1 aromatic carbocycles. The minimum Gasteiger partial charge on any atom is -0.496 e. The Hall–Kier alpha value is -1.13. The third-order valence-corrected chi connectivity index (χ3v) is 3.85. The Bertz CT molecular complexity index is 444. The molecule has 0 bridgehead atoms. The van der Waals surface area contributed by atoms with E-state index in [0.29, 0.717) is 0 Å². The third-order valence-electron chi connectivity index (χ3n) is 2.58. The van der Waals surface area contributed by atoms with Gasteiger partial charge in [0.25, 0.3) is 0 Å². The van der Waals surface area contributed by atoms with Crippen LogP contribution in [0.25, 0.3) is 0 Å². The zero-order valence-electron chi connectivity index (χ0n) is 12.2. The molecular formula is C15H23NO2S. The maximum atomic E-state index is 5.86. The highest BCUT2D eigenvalue weighted by Gasteiger charge is 2.13. The standard InChI is InChI=1S/C15H23NO2S/c1-10(2)9-19-15-8-13(17-4)12(6-11(3)16)7-14(15)18-5/h7-8,11H,1,6,9,16H2,2-5H3/t11-/m1/s1. The summed E-state index contributed by atoms with van der Waals surface area (Å²) in [5.74, 6) is 2.59. The average molecular weight is 281 g/mol. The number of thioether (sulfide) groups is 1. The largest absolute Gasteiger partial charge is 0.496 e. The van der Waals surface area contributed by atoms with Crippen LogP contribution in [0.5, 0.6) is 11.5 Å². The molecule has 1 atom stereocenters. The van der Waals surface area contributed by atoms with Gasteiger partial charge in [0.15, 0.2) is 0 Å². The predicted octanol–water partition coefficient (Wildman–Crippen LogP) is 3.26. The Kier molecular flexibility index (Phi) is 6.25. The fourth-order valence-corrected chi connectivity index (χ4v) is 2.63. The summed E-state index contributed by atoms with van der Waals surface area (Å²) in [7, 11) is 3.36. The van der Waals surface area contributed by atoms with E-state index >= 15 is 0 Å². The van der Waals surface area contributed by atoms with E-state index in [1.54, 1.807) is 26.0 Å². The highest BCUT2D eigenvalue weighted by atomic mass is 32.2. The summed E-state index contributed by atoms with van der Waals surface area (Å²) in [5, 5.41) is 0. The first-order chi connectivity index (χ1) is 8.97. The fraction of sp³-hybridized carbons (Fsp3) is 0.467. The SMILES string of the molecule is C=C(C)CSc1cc(OC)c(C[C@@H](C)N)cc1OC. The molecule has 0 unspecified atom stereocenters. The minimum absolute atomic E-state index is 0.0903. The van der Waals surface area contributed by atoms with Gasteiger partial charge in [-0.25, -0.2) is 0 Å². The van der Waals surface area contributed by atoms with Crippen molar-refractivity contribution in [2.24, 2.45) is 5.73 Å². The monoisotopic (exact) mass is 281 g/mol. The van der Waals surface area contributed by atoms with Gasteiger partial charge >= 0.3 is 0 Å². The Labute approximate surface area is 120 Å². The number of rotatable bonds is 7. The second kappa shape index (κ2) is 7.46. The molecule has 0 aromatic heterocycles. The van der Waals surface area contributed by atoms with Gasteiger partial charge in [-0.2, -0.15) is 0 Å². The predicted molar refractivity (Wildman–Crippen MR) is 82.4 cm³/mol. The van der Waals surface area contributed by atoms with E-state index in [2.05, 4.69) is 6.58 Å². The summed E-state index contributed by atoms with van der Waals surface area (Å²) < 4.78 is 10.9. The first-order valence-corrected chi connectivity index (χ1v) is 7.24. The Morgan fingerprint density at radius 1 is 1.32 bits per heavy atom. The second-order valence-electron chi connectivity index (χ2n) is 4.74. The van der Waals surface area contributed by atoms with Crippen LogP contribution in [0.2, 0.25) is 0 Å². The molecule has 0 spiro atoms. The summed E-state index contributed by atoms with van der Waals surface area (Å²) in [6, 6.07) is 4.13. The van der Waals surface area contributed by atoms with Crippen LogP contribution in [0, 0.1) is 0 Å². The lowest BCUT2D eigenvalue weighted by atomic mass is 10.1. The smallest absolute Gasteiger partial charge is 0.132 e. The van der Waals surface area contributed by atoms with Gasteiger partial charge in [-0.3, -0.25) is 0 Å². The van der Waals surface area contributed by atoms with Crippen molar-refractivity contribution in [1.29, 1.82) is 0 Å². The van der Waals surface area contributed by atoms with Crippen molar-refractivity contribution in [2.75, 3.05) is 20.0 Å². The summed E-state index contributed by atoms with van der Waals surface area (Å²) in [6.45, 7) is 7.91. The van der Waals surface area contributed by atoms with E-state index in [-0.39, 0.29) is 6.04 Å². The van der Waals surface area contributed by atoms with E-state index < -0.39 is 0 Å². The molecule has 0 saturated carbocycles. The lowest BCUT2D eigenvalue weighted by Gasteiger charge is -2.16. The highest BCUT2D eigenvalue weighted by molar-refractivity contribution is 7.99. The van der Waals surface area contributed by atoms with Crippen LogP contribution in [0.15, 0.2) is 29.2 Å². The van der Waals surface area contributed by atoms with E-state index in [4.69, 9.17) is 15.2 Å². The summed E-state index contributed by atoms with van der Waals surface area (Å²) >= 11 is 1.70. The van der Waals surface area contributed by atoms with Crippen molar-refractivity contribution in [2.45, 2.75) is 31.2 Å². The number of ether oxygens (including phenoxy) is 2. The molecule has 0 aliphatic rings. The van der Waals surface area contributed by atoms with Crippen LogP contribution in [-0.2, 0) is 6.42 Å². The van der Waals surface area contributed by atoms with E-state index in [0.717, 1.165) is 39.7 Å². The molecule has 2 N–H and O–H groups in total. The maximum Gasteiger partial charge on any atom is 0.132 e. The maximum absolute atomic E-state index is 5.86.